The molecule has 1 heterocycles. The summed E-state index contributed by atoms with van der Waals surface area (Å²) in [6.07, 6.45) is 1.76. The molecular formula is C25H30N2O5. The molecule has 1 aliphatic heterocycles. The summed E-state index contributed by atoms with van der Waals surface area (Å²) >= 11 is 0. The predicted octanol–water partition coefficient (Wildman–Crippen LogP) is 3.88. The van der Waals surface area contributed by atoms with Gasteiger partial charge in [-0.1, -0.05) is 32.0 Å². The molecule has 1 atom stereocenters. The number of esters is 1. The molecular weight excluding hydrogens is 408 g/mol. The first-order valence-electron chi connectivity index (χ1n) is 11.0. The van der Waals surface area contributed by atoms with Gasteiger partial charge in [0.05, 0.1) is 12.5 Å². The van der Waals surface area contributed by atoms with Crippen molar-refractivity contribution in [1.29, 1.82) is 0 Å². The summed E-state index contributed by atoms with van der Waals surface area (Å²) in [5.74, 6) is -0.947. The van der Waals surface area contributed by atoms with Crippen LogP contribution in [0.4, 0.5) is 11.4 Å². The minimum absolute atomic E-state index is 0.0618. The molecule has 0 saturated carbocycles. The van der Waals surface area contributed by atoms with E-state index in [-0.39, 0.29) is 25.5 Å². The molecule has 0 unspecified atom stereocenters. The van der Waals surface area contributed by atoms with E-state index in [1.165, 1.54) is 0 Å². The first kappa shape index (κ1) is 23.3. The number of hydrogen-bond donors (Lipinski definition) is 1. The van der Waals surface area contributed by atoms with Crippen molar-refractivity contribution < 1.29 is 23.9 Å². The summed E-state index contributed by atoms with van der Waals surface area (Å²) in [6.45, 7) is 6.44. The zero-order valence-electron chi connectivity index (χ0n) is 18.8. The average molecular weight is 439 g/mol. The molecule has 1 saturated heterocycles. The van der Waals surface area contributed by atoms with Gasteiger partial charge in [0.15, 0.2) is 6.61 Å². The van der Waals surface area contributed by atoms with Crippen molar-refractivity contribution in [1.82, 2.24) is 0 Å². The van der Waals surface area contributed by atoms with Crippen molar-refractivity contribution in [2.24, 2.45) is 5.92 Å². The van der Waals surface area contributed by atoms with E-state index in [1.807, 2.05) is 51.1 Å². The Hall–Kier alpha value is -3.35. The van der Waals surface area contributed by atoms with Crippen LogP contribution in [0.15, 0.2) is 42.5 Å². The Bertz CT molecular complexity index is 971. The average Bonchev–Trinajstić information content (AvgIpc) is 3.19. The van der Waals surface area contributed by atoms with Crippen LogP contribution in [0.2, 0.25) is 0 Å². The SMILES string of the molecule is CCCOc1ccc(N2C[C@@H](C(=O)OCC(=O)Nc3c(C)cccc3CC)CC2=O)cc1. The number of amides is 2. The number of anilines is 2. The monoisotopic (exact) mass is 438 g/mol. The number of hydrogen-bond acceptors (Lipinski definition) is 5. The van der Waals surface area contributed by atoms with Gasteiger partial charge in [-0.2, -0.15) is 0 Å². The van der Waals surface area contributed by atoms with Crippen LogP contribution in [0.1, 0.15) is 37.8 Å². The van der Waals surface area contributed by atoms with E-state index < -0.39 is 17.8 Å². The maximum atomic E-state index is 12.5. The predicted molar refractivity (Wildman–Crippen MR) is 123 cm³/mol. The van der Waals surface area contributed by atoms with Gasteiger partial charge in [0, 0.05) is 24.3 Å². The van der Waals surface area contributed by atoms with Crippen molar-refractivity contribution in [3.8, 4) is 5.75 Å². The number of nitrogens with one attached hydrogen (secondary N) is 1. The topological polar surface area (TPSA) is 84.9 Å². The van der Waals surface area contributed by atoms with Crippen LogP contribution >= 0.6 is 0 Å². The smallest absolute Gasteiger partial charge is 0.311 e. The van der Waals surface area contributed by atoms with Crippen molar-refractivity contribution in [3.63, 3.8) is 0 Å². The second kappa shape index (κ2) is 10.8. The van der Waals surface area contributed by atoms with Gasteiger partial charge in [-0.3, -0.25) is 14.4 Å². The van der Waals surface area contributed by atoms with Crippen molar-refractivity contribution in [2.75, 3.05) is 30.0 Å². The number of nitrogens with zero attached hydrogens (tertiary/aromatic N) is 1. The summed E-state index contributed by atoms with van der Waals surface area (Å²) in [6, 6.07) is 13.0. The van der Waals surface area contributed by atoms with Crippen LogP contribution in [0.3, 0.4) is 0 Å². The van der Waals surface area contributed by atoms with Gasteiger partial charge in [-0.15, -0.1) is 0 Å². The Morgan fingerprint density at radius 3 is 2.56 bits per heavy atom. The van der Waals surface area contributed by atoms with E-state index in [9.17, 15) is 14.4 Å². The third-order valence-electron chi connectivity index (χ3n) is 5.43. The molecule has 7 heteroatoms. The molecule has 3 rings (SSSR count). The van der Waals surface area contributed by atoms with E-state index >= 15 is 0 Å². The highest BCUT2D eigenvalue weighted by atomic mass is 16.5. The molecule has 2 aromatic carbocycles. The van der Waals surface area contributed by atoms with Gasteiger partial charge in [-0.05, 0) is 55.2 Å². The Balaban J connectivity index is 1.53. The fraction of sp³-hybridized carbons (Fsp3) is 0.400. The minimum atomic E-state index is -0.601. The zero-order valence-corrected chi connectivity index (χ0v) is 18.8. The van der Waals surface area contributed by atoms with E-state index in [0.29, 0.717) is 12.3 Å². The summed E-state index contributed by atoms with van der Waals surface area (Å²) in [5, 5.41) is 2.83. The van der Waals surface area contributed by atoms with Crippen LogP contribution < -0.4 is 15.0 Å². The van der Waals surface area contributed by atoms with Crippen LogP contribution in [-0.4, -0.2) is 37.5 Å². The van der Waals surface area contributed by atoms with E-state index in [1.54, 1.807) is 17.0 Å². The standard InChI is InChI=1S/C25H30N2O5/c1-4-13-31-21-11-9-20(10-12-21)27-15-19(14-23(27)29)25(30)32-16-22(28)26-24-17(3)7-6-8-18(24)5-2/h6-12,19H,4-5,13-16H2,1-3H3,(H,26,28)/t19-/m0/s1. The van der Waals surface area contributed by atoms with Gasteiger partial charge in [0.1, 0.15) is 5.75 Å². The molecule has 1 N–H and O–H groups in total. The summed E-state index contributed by atoms with van der Waals surface area (Å²) in [5.41, 5.74) is 3.43. The Morgan fingerprint density at radius 2 is 1.88 bits per heavy atom. The van der Waals surface area contributed by atoms with Crippen LogP contribution in [0.25, 0.3) is 0 Å². The molecule has 1 aliphatic rings. The minimum Gasteiger partial charge on any atom is -0.494 e. The largest absolute Gasteiger partial charge is 0.494 e. The number of ether oxygens (including phenoxy) is 2. The fourth-order valence-electron chi connectivity index (χ4n) is 3.69. The maximum absolute atomic E-state index is 12.5. The number of carbonyl (C=O) groups is 3. The molecule has 0 spiro atoms. The molecule has 0 aromatic heterocycles. The van der Waals surface area contributed by atoms with Crippen molar-refractivity contribution >= 4 is 29.2 Å². The first-order valence-corrected chi connectivity index (χ1v) is 11.0. The lowest BCUT2D eigenvalue weighted by molar-refractivity contribution is -0.151. The summed E-state index contributed by atoms with van der Waals surface area (Å²) in [7, 11) is 0. The first-order chi connectivity index (χ1) is 15.4. The summed E-state index contributed by atoms with van der Waals surface area (Å²) in [4.78, 5) is 38.8. The van der Waals surface area contributed by atoms with Crippen LogP contribution in [0, 0.1) is 12.8 Å². The number of benzene rings is 2. The Labute approximate surface area is 188 Å². The highest BCUT2D eigenvalue weighted by molar-refractivity contribution is 6.00. The molecule has 7 nitrogen and oxygen atoms in total. The molecule has 0 radical (unpaired) electrons. The number of aryl methyl sites for hydroxylation is 2. The van der Waals surface area contributed by atoms with Gasteiger partial charge in [0.2, 0.25) is 5.91 Å². The highest BCUT2D eigenvalue weighted by Crippen LogP contribution is 2.27. The molecule has 0 aliphatic carbocycles. The van der Waals surface area contributed by atoms with E-state index in [0.717, 1.165) is 35.4 Å². The Kier molecular flexibility index (Phi) is 7.87. The molecule has 0 bridgehead atoms. The van der Waals surface area contributed by atoms with Crippen LogP contribution in [0.5, 0.6) is 5.75 Å². The molecule has 2 aromatic rings. The second-order valence-electron chi connectivity index (χ2n) is 7.87. The van der Waals surface area contributed by atoms with Crippen LogP contribution in [-0.2, 0) is 25.5 Å². The highest BCUT2D eigenvalue weighted by Gasteiger charge is 2.36. The van der Waals surface area contributed by atoms with Gasteiger partial charge in [-0.25, -0.2) is 0 Å². The van der Waals surface area contributed by atoms with E-state index in [4.69, 9.17) is 9.47 Å². The third-order valence-corrected chi connectivity index (χ3v) is 5.43. The quantitative estimate of drug-likeness (QED) is 0.601. The molecule has 170 valence electrons. The summed E-state index contributed by atoms with van der Waals surface area (Å²) < 4.78 is 10.8. The number of rotatable bonds is 9. The lowest BCUT2D eigenvalue weighted by atomic mass is 10.1. The number of carbonyl (C=O) groups excluding carboxylic acids is 3. The molecule has 32 heavy (non-hydrogen) atoms. The molecule has 1 fully saturated rings. The van der Waals surface area contributed by atoms with Gasteiger partial charge < -0.3 is 19.7 Å². The fourth-order valence-corrected chi connectivity index (χ4v) is 3.69. The zero-order chi connectivity index (χ0) is 23.1. The number of para-hydroxylation sites is 1. The lowest BCUT2D eigenvalue weighted by Gasteiger charge is -2.17. The van der Waals surface area contributed by atoms with Crippen molar-refractivity contribution in [2.45, 2.75) is 40.0 Å². The maximum Gasteiger partial charge on any atom is 0.311 e. The normalized spacial score (nSPS) is 15.5. The van der Waals surface area contributed by atoms with Crippen molar-refractivity contribution in [3.05, 3.63) is 53.6 Å². The lowest BCUT2D eigenvalue weighted by Crippen LogP contribution is -2.28. The third kappa shape index (κ3) is 5.66. The second-order valence-corrected chi connectivity index (χ2v) is 7.87. The van der Waals surface area contributed by atoms with Gasteiger partial charge >= 0.3 is 5.97 Å². The van der Waals surface area contributed by atoms with E-state index in [2.05, 4.69) is 5.32 Å². The Morgan fingerprint density at radius 1 is 1.12 bits per heavy atom. The molecule has 2 amide bonds. The van der Waals surface area contributed by atoms with Gasteiger partial charge in [0.25, 0.3) is 5.91 Å².